The maximum Gasteiger partial charge on any atom is 0.222 e. The number of nitro groups is 1. The smallest absolute Gasteiger partial charge is 0.222 e. The Kier molecular flexibility index (Phi) is 4.54. The van der Waals surface area contributed by atoms with E-state index in [-0.39, 0.29) is 11.5 Å². The Balaban J connectivity index is 3.57. The number of allylic oxidation sites excluding steroid dienone is 1. The van der Waals surface area contributed by atoms with Crippen LogP contribution in [0.15, 0.2) is 11.6 Å². The average Bonchev–Trinajstić information content (AvgIpc) is 1.85. The lowest BCUT2D eigenvalue weighted by atomic mass is 10.2. The van der Waals surface area contributed by atoms with Crippen molar-refractivity contribution in [2.45, 2.75) is 26.7 Å². The Morgan fingerprint density at radius 2 is 2.30 bits per heavy atom. The number of nitrogens with zero attached hydrogens (tertiary/aromatic N) is 1. The molecule has 0 aromatic heterocycles. The highest BCUT2D eigenvalue weighted by molar-refractivity contribution is 4.96. The monoisotopic (exact) mass is 143 g/mol. The van der Waals surface area contributed by atoms with Crippen LogP contribution in [0.5, 0.6) is 0 Å². The van der Waals surface area contributed by atoms with Gasteiger partial charge in [0, 0.05) is 4.92 Å². The van der Waals surface area contributed by atoms with E-state index >= 15 is 0 Å². The number of hydrogen-bond donors (Lipinski definition) is 0. The molecule has 3 nitrogen and oxygen atoms in total. The van der Waals surface area contributed by atoms with Gasteiger partial charge in [-0.05, 0) is 19.4 Å². The fourth-order valence-corrected chi connectivity index (χ4v) is 0.727. The molecule has 0 heterocycles. The van der Waals surface area contributed by atoms with Crippen LogP contribution in [0.1, 0.15) is 26.7 Å². The Bertz CT molecular complexity index is 141. The quantitative estimate of drug-likeness (QED) is 0.343. The minimum absolute atomic E-state index is 0.0359. The van der Waals surface area contributed by atoms with Gasteiger partial charge in [-0.25, -0.2) is 0 Å². The van der Waals surface area contributed by atoms with Crippen molar-refractivity contribution >= 4 is 0 Å². The van der Waals surface area contributed by atoms with E-state index in [9.17, 15) is 10.1 Å². The summed E-state index contributed by atoms with van der Waals surface area (Å²) >= 11 is 0. The van der Waals surface area contributed by atoms with Gasteiger partial charge in [0.15, 0.2) is 0 Å². The summed E-state index contributed by atoms with van der Waals surface area (Å²) in [5.41, 5.74) is 1.11. The van der Waals surface area contributed by atoms with Crippen LogP contribution in [-0.2, 0) is 0 Å². The van der Waals surface area contributed by atoms with Crippen LogP contribution in [0.2, 0.25) is 0 Å². The lowest BCUT2D eigenvalue weighted by Crippen LogP contribution is -1.96. The normalized spacial score (nSPS) is 11.6. The van der Waals surface area contributed by atoms with Gasteiger partial charge in [-0.2, -0.15) is 0 Å². The molecule has 0 bridgehead atoms. The van der Waals surface area contributed by atoms with E-state index in [1.54, 1.807) is 6.08 Å². The predicted molar refractivity (Wildman–Crippen MR) is 40.5 cm³/mol. The molecule has 3 heteroatoms. The number of hydrogen-bond acceptors (Lipinski definition) is 2. The summed E-state index contributed by atoms with van der Waals surface area (Å²) in [6, 6.07) is 0. The zero-order valence-corrected chi connectivity index (χ0v) is 6.46. The molecule has 0 spiro atoms. The highest BCUT2D eigenvalue weighted by Crippen LogP contribution is 2.01. The van der Waals surface area contributed by atoms with Gasteiger partial charge in [-0.1, -0.05) is 18.9 Å². The molecule has 0 saturated carbocycles. The Hall–Kier alpha value is -0.860. The van der Waals surface area contributed by atoms with Crippen LogP contribution >= 0.6 is 0 Å². The fraction of sp³-hybridized carbons (Fsp3) is 0.714. The third kappa shape index (κ3) is 5.28. The first-order valence-electron chi connectivity index (χ1n) is 3.44. The van der Waals surface area contributed by atoms with E-state index < -0.39 is 0 Å². The van der Waals surface area contributed by atoms with E-state index in [0.29, 0.717) is 0 Å². The summed E-state index contributed by atoms with van der Waals surface area (Å²) in [5, 5.41) is 9.87. The first-order chi connectivity index (χ1) is 4.66. The van der Waals surface area contributed by atoms with Gasteiger partial charge in [-0.3, -0.25) is 10.1 Å². The van der Waals surface area contributed by atoms with Crippen LogP contribution in [0.4, 0.5) is 0 Å². The largest absolute Gasteiger partial charge is 0.264 e. The minimum Gasteiger partial charge on any atom is -0.264 e. The van der Waals surface area contributed by atoms with E-state index in [0.717, 1.165) is 18.4 Å². The zero-order valence-electron chi connectivity index (χ0n) is 6.46. The SMILES string of the molecule is CCC/C(C)=C/C[N+](=O)[O-]. The second-order valence-corrected chi connectivity index (χ2v) is 2.32. The summed E-state index contributed by atoms with van der Waals surface area (Å²) < 4.78 is 0. The Morgan fingerprint density at radius 3 is 2.70 bits per heavy atom. The molecular weight excluding hydrogens is 130 g/mol. The zero-order chi connectivity index (χ0) is 7.98. The third-order valence-electron chi connectivity index (χ3n) is 1.23. The van der Waals surface area contributed by atoms with Crippen LogP contribution in [0.25, 0.3) is 0 Å². The summed E-state index contributed by atoms with van der Waals surface area (Å²) in [5.74, 6) is 0. The maximum atomic E-state index is 9.87. The maximum absolute atomic E-state index is 9.87. The minimum atomic E-state index is -0.320. The standard InChI is InChI=1S/C7H13NO2/c1-3-4-7(2)5-6-8(9)10/h5H,3-4,6H2,1-2H3/b7-5+. The lowest BCUT2D eigenvalue weighted by Gasteiger charge is -1.93. The second-order valence-electron chi connectivity index (χ2n) is 2.32. The Morgan fingerprint density at radius 1 is 1.70 bits per heavy atom. The molecule has 0 aliphatic heterocycles. The van der Waals surface area contributed by atoms with Gasteiger partial charge in [0.1, 0.15) is 0 Å². The predicted octanol–water partition coefficient (Wildman–Crippen LogP) is 2.01. The van der Waals surface area contributed by atoms with Crippen molar-refractivity contribution in [1.29, 1.82) is 0 Å². The molecule has 0 unspecified atom stereocenters. The first-order valence-corrected chi connectivity index (χ1v) is 3.44. The molecule has 0 aromatic carbocycles. The fourth-order valence-electron chi connectivity index (χ4n) is 0.727. The van der Waals surface area contributed by atoms with E-state index in [4.69, 9.17) is 0 Å². The second kappa shape index (κ2) is 4.97. The van der Waals surface area contributed by atoms with Gasteiger partial charge in [0.05, 0.1) is 0 Å². The van der Waals surface area contributed by atoms with Crippen LogP contribution in [0, 0.1) is 10.1 Å². The molecule has 0 fully saturated rings. The van der Waals surface area contributed by atoms with Gasteiger partial charge in [0.2, 0.25) is 6.54 Å². The summed E-state index contributed by atoms with van der Waals surface area (Å²) in [6.45, 7) is 3.95. The molecule has 0 rings (SSSR count). The van der Waals surface area contributed by atoms with Gasteiger partial charge < -0.3 is 0 Å². The van der Waals surface area contributed by atoms with Crippen molar-refractivity contribution in [2.75, 3.05) is 6.54 Å². The van der Waals surface area contributed by atoms with Crippen molar-refractivity contribution in [3.05, 3.63) is 21.8 Å². The molecule has 10 heavy (non-hydrogen) atoms. The molecule has 58 valence electrons. The molecule has 0 aromatic rings. The molecule has 0 aliphatic rings. The molecule has 0 atom stereocenters. The Labute approximate surface area is 60.9 Å². The molecular formula is C7H13NO2. The summed E-state index contributed by atoms with van der Waals surface area (Å²) in [7, 11) is 0. The van der Waals surface area contributed by atoms with Crippen LogP contribution in [-0.4, -0.2) is 11.5 Å². The summed E-state index contributed by atoms with van der Waals surface area (Å²) in [4.78, 5) is 9.55. The molecule has 0 aliphatic carbocycles. The van der Waals surface area contributed by atoms with Gasteiger partial charge in [-0.15, -0.1) is 0 Å². The van der Waals surface area contributed by atoms with E-state index in [2.05, 4.69) is 6.92 Å². The van der Waals surface area contributed by atoms with Crippen molar-refractivity contribution in [3.63, 3.8) is 0 Å². The van der Waals surface area contributed by atoms with Crippen LogP contribution < -0.4 is 0 Å². The van der Waals surface area contributed by atoms with E-state index in [1.165, 1.54) is 0 Å². The van der Waals surface area contributed by atoms with Gasteiger partial charge in [0.25, 0.3) is 0 Å². The average molecular weight is 143 g/mol. The molecule has 0 saturated heterocycles. The first kappa shape index (κ1) is 9.14. The van der Waals surface area contributed by atoms with Crippen molar-refractivity contribution in [2.24, 2.45) is 0 Å². The molecule has 0 N–H and O–H groups in total. The number of rotatable bonds is 4. The highest BCUT2D eigenvalue weighted by Gasteiger charge is 1.91. The summed E-state index contributed by atoms with van der Waals surface area (Å²) in [6.07, 6.45) is 3.69. The van der Waals surface area contributed by atoms with Crippen molar-refractivity contribution in [1.82, 2.24) is 0 Å². The van der Waals surface area contributed by atoms with Crippen LogP contribution in [0.3, 0.4) is 0 Å². The third-order valence-corrected chi connectivity index (χ3v) is 1.23. The van der Waals surface area contributed by atoms with Gasteiger partial charge >= 0.3 is 0 Å². The van der Waals surface area contributed by atoms with Crippen molar-refractivity contribution in [3.8, 4) is 0 Å². The van der Waals surface area contributed by atoms with Crippen molar-refractivity contribution < 1.29 is 4.92 Å². The molecule has 0 radical (unpaired) electrons. The highest BCUT2D eigenvalue weighted by atomic mass is 16.6. The topological polar surface area (TPSA) is 43.1 Å². The molecule has 0 amide bonds. The lowest BCUT2D eigenvalue weighted by molar-refractivity contribution is -0.468. The van der Waals surface area contributed by atoms with E-state index in [1.807, 2.05) is 6.92 Å².